The Balaban J connectivity index is 2.75. The zero-order valence-corrected chi connectivity index (χ0v) is 8.35. The molecular formula is C12H14O. The van der Waals surface area contributed by atoms with Gasteiger partial charge in [-0.3, -0.25) is 0 Å². The van der Waals surface area contributed by atoms with Crippen LogP contribution in [-0.4, -0.2) is 6.61 Å². The van der Waals surface area contributed by atoms with Crippen molar-refractivity contribution in [2.24, 2.45) is 0 Å². The molecule has 0 bridgehead atoms. The molecule has 0 saturated carbocycles. The number of aryl methyl sites for hydroxylation is 1. The lowest BCUT2D eigenvalue weighted by Crippen LogP contribution is -1.96. The minimum atomic E-state index is 0.473. The molecule has 1 nitrogen and oxygen atoms in total. The van der Waals surface area contributed by atoms with E-state index in [0.717, 1.165) is 5.75 Å². The fourth-order valence-electron chi connectivity index (χ4n) is 1.07. The van der Waals surface area contributed by atoms with Crippen molar-refractivity contribution in [3.63, 3.8) is 0 Å². The SMILES string of the molecule is CC#CCOc1cccc(C)c1C. The summed E-state index contributed by atoms with van der Waals surface area (Å²) in [5.41, 5.74) is 2.45. The summed E-state index contributed by atoms with van der Waals surface area (Å²) < 4.78 is 5.48. The molecule has 0 unspecified atom stereocenters. The van der Waals surface area contributed by atoms with E-state index in [4.69, 9.17) is 4.74 Å². The van der Waals surface area contributed by atoms with Crippen LogP contribution in [0.1, 0.15) is 18.1 Å². The monoisotopic (exact) mass is 174 g/mol. The number of rotatable bonds is 2. The Bertz CT molecular complexity index is 342. The fraction of sp³-hybridized carbons (Fsp3) is 0.333. The molecule has 0 fully saturated rings. The molecule has 13 heavy (non-hydrogen) atoms. The molecule has 1 aromatic rings. The average molecular weight is 174 g/mol. The number of hydrogen-bond acceptors (Lipinski definition) is 1. The summed E-state index contributed by atoms with van der Waals surface area (Å²) in [6.45, 7) is 6.42. The van der Waals surface area contributed by atoms with E-state index in [1.165, 1.54) is 11.1 Å². The van der Waals surface area contributed by atoms with E-state index in [9.17, 15) is 0 Å². The molecule has 68 valence electrons. The normalized spacial score (nSPS) is 8.85. The van der Waals surface area contributed by atoms with Crippen molar-refractivity contribution >= 4 is 0 Å². The predicted molar refractivity (Wildman–Crippen MR) is 54.9 cm³/mol. The highest BCUT2D eigenvalue weighted by molar-refractivity contribution is 5.38. The minimum Gasteiger partial charge on any atom is -0.481 e. The highest BCUT2D eigenvalue weighted by atomic mass is 16.5. The Morgan fingerprint density at radius 1 is 1.31 bits per heavy atom. The van der Waals surface area contributed by atoms with E-state index in [2.05, 4.69) is 31.8 Å². The van der Waals surface area contributed by atoms with Crippen LogP contribution in [0.3, 0.4) is 0 Å². The zero-order valence-electron chi connectivity index (χ0n) is 8.35. The van der Waals surface area contributed by atoms with Crippen LogP contribution in [0.15, 0.2) is 18.2 Å². The van der Waals surface area contributed by atoms with Crippen molar-refractivity contribution in [1.29, 1.82) is 0 Å². The van der Waals surface area contributed by atoms with Gasteiger partial charge in [0.1, 0.15) is 12.4 Å². The van der Waals surface area contributed by atoms with Gasteiger partial charge in [0.25, 0.3) is 0 Å². The van der Waals surface area contributed by atoms with E-state index in [1.807, 2.05) is 19.1 Å². The van der Waals surface area contributed by atoms with Crippen LogP contribution < -0.4 is 4.74 Å². The highest BCUT2D eigenvalue weighted by Crippen LogP contribution is 2.19. The third kappa shape index (κ3) is 2.52. The van der Waals surface area contributed by atoms with E-state index in [1.54, 1.807) is 0 Å². The molecule has 0 aliphatic carbocycles. The zero-order chi connectivity index (χ0) is 9.68. The maximum absolute atomic E-state index is 5.48. The molecule has 1 heteroatoms. The quantitative estimate of drug-likeness (QED) is 0.626. The third-order valence-electron chi connectivity index (χ3n) is 2.03. The van der Waals surface area contributed by atoms with Crippen LogP contribution in [0, 0.1) is 25.7 Å². The number of ether oxygens (including phenoxy) is 1. The molecule has 0 saturated heterocycles. The van der Waals surface area contributed by atoms with E-state index in [-0.39, 0.29) is 0 Å². The predicted octanol–water partition coefficient (Wildman–Crippen LogP) is 2.71. The Morgan fingerprint density at radius 2 is 2.08 bits per heavy atom. The maximum Gasteiger partial charge on any atom is 0.149 e. The van der Waals surface area contributed by atoms with Crippen molar-refractivity contribution in [1.82, 2.24) is 0 Å². The summed E-state index contributed by atoms with van der Waals surface area (Å²) in [5, 5.41) is 0. The minimum absolute atomic E-state index is 0.473. The van der Waals surface area contributed by atoms with Gasteiger partial charge in [-0.05, 0) is 38.0 Å². The molecule has 0 aliphatic heterocycles. The smallest absolute Gasteiger partial charge is 0.149 e. The highest BCUT2D eigenvalue weighted by Gasteiger charge is 1.99. The van der Waals surface area contributed by atoms with Crippen LogP contribution in [-0.2, 0) is 0 Å². The molecule has 0 radical (unpaired) electrons. The molecular weight excluding hydrogens is 160 g/mol. The first kappa shape index (κ1) is 9.67. The lowest BCUT2D eigenvalue weighted by atomic mass is 10.1. The van der Waals surface area contributed by atoms with Gasteiger partial charge in [0.2, 0.25) is 0 Å². The fourth-order valence-corrected chi connectivity index (χ4v) is 1.07. The van der Waals surface area contributed by atoms with Crippen LogP contribution in [0.5, 0.6) is 5.75 Å². The molecule has 0 spiro atoms. The standard InChI is InChI=1S/C12H14O/c1-4-5-9-13-12-8-6-7-10(2)11(12)3/h6-8H,9H2,1-3H3. The largest absolute Gasteiger partial charge is 0.481 e. The van der Waals surface area contributed by atoms with E-state index < -0.39 is 0 Å². The second-order valence-corrected chi connectivity index (χ2v) is 2.91. The molecule has 0 heterocycles. The Labute approximate surface area is 79.7 Å². The van der Waals surface area contributed by atoms with Gasteiger partial charge in [0, 0.05) is 0 Å². The summed E-state index contributed by atoms with van der Waals surface area (Å²) in [6.07, 6.45) is 0. The van der Waals surface area contributed by atoms with Gasteiger partial charge < -0.3 is 4.74 Å². The summed E-state index contributed by atoms with van der Waals surface area (Å²) in [5.74, 6) is 6.60. The lowest BCUT2D eigenvalue weighted by Gasteiger charge is -2.07. The molecule has 1 rings (SSSR count). The van der Waals surface area contributed by atoms with Crippen molar-refractivity contribution in [3.05, 3.63) is 29.3 Å². The lowest BCUT2D eigenvalue weighted by molar-refractivity contribution is 0.367. The summed E-state index contributed by atoms with van der Waals surface area (Å²) in [4.78, 5) is 0. The van der Waals surface area contributed by atoms with Crippen LogP contribution in [0.25, 0.3) is 0 Å². The van der Waals surface area contributed by atoms with Crippen LogP contribution in [0.4, 0.5) is 0 Å². The van der Waals surface area contributed by atoms with Crippen LogP contribution in [0.2, 0.25) is 0 Å². The molecule has 0 aromatic heterocycles. The van der Waals surface area contributed by atoms with Gasteiger partial charge in [0.05, 0.1) is 0 Å². The first-order chi connectivity index (χ1) is 6.25. The van der Waals surface area contributed by atoms with Gasteiger partial charge in [0.15, 0.2) is 0 Å². The van der Waals surface area contributed by atoms with Gasteiger partial charge in [-0.15, -0.1) is 5.92 Å². The van der Waals surface area contributed by atoms with Crippen molar-refractivity contribution < 1.29 is 4.74 Å². The number of hydrogen-bond donors (Lipinski definition) is 0. The summed E-state index contributed by atoms with van der Waals surface area (Å²) >= 11 is 0. The molecule has 0 atom stereocenters. The van der Waals surface area contributed by atoms with E-state index in [0.29, 0.717) is 6.61 Å². The molecule has 1 aromatic carbocycles. The molecule has 0 N–H and O–H groups in total. The summed E-state index contributed by atoms with van der Waals surface area (Å²) in [7, 11) is 0. The van der Waals surface area contributed by atoms with Crippen LogP contribution >= 0.6 is 0 Å². The van der Waals surface area contributed by atoms with Gasteiger partial charge >= 0.3 is 0 Å². The van der Waals surface area contributed by atoms with Gasteiger partial charge in [-0.2, -0.15) is 0 Å². The third-order valence-corrected chi connectivity index (χ3v) is 2.03. The van der Waals surface area contributed by atoms with Crippen molar-refractivity contribution in [2.45, 2.75) is 20.8 Å². The first-order valence-electron chi connectivity index (χ1n) is 4.34. The second kappa shape index (κ2) is 4.57. The number of benzene rings is 1. The van der Waals surface area contributed by atoms with Crippen molar-refractivity contribution in [2.75, 3.05) is 6.61 Å². The van der Waals surface area contributed by atoms with Crippen molar-refractivity contribution in [3.8, 4) is 17.6 Å². The topological polar surface area (TPSA) is 9.23 Å². The van der Waals surface area contributed by atoms with E-state index >= 15 is 0 Å². The second-order valence-electron chi connectivity index (χ2n) is 2.91. The molecule has 0 aliphatic rings. The first-order valence-corrected chi connectivity index (χ1v) is 4.34. The van der Waals surface area contributed by atoms with Gasteiger partial charge in [-0.1, -0.05) is 18.1 Å². The maximum atomic E-state index is 5.48. The summed E-state index contributed by atoms with van der Waals surface area (Å²) in [6, 6.07) is 6.05. The Kier molecular flexibility index (Phi) is 3.40. The Morgan fingerprint density at radius 3 is 2.77 bits per heavy atom. The molecule has 0 amide bonds. The average Bonchev–Trinajstić information content (AvgIpc) is 2.13. The van der Waals surface area contributed by atoms with Gasteiger partial charge in [-0.25, -0.2) is 0 Å². The Hall–Kier alpha value is -1.42.